The average Bonchev–Trinajstić information content (AvgIpc) is 2.76. The molecule has 0 fully saturated rings. The first kappa shape index (κ1) is 13.5. The van der Waals surface area contributed by atoms with Crippen LogP contribution in [-0.4, -0.2) is 18.7 Å². The first-order valence-electron chi connectivity index (χ1n) is 6.34. The third-order valence-electron chi connectivity index (χ3n) is 3.26. The van der Waals surface area contributed by atoms with E-state index in [1.807, 2.05) is 12.1 Å². The minimum Gasteiger partial charge on any atom is -0.488 e. The minimum absolute atomic E-state index is 0.223. The predicted octanol–water partition coefficient (Wildman–Crippen LogP) is 3.14. The molecule has 1 aromatic carbocycles. The van der Waals surface area contributed by atoms with Gasteiger partial charge in [0, 0.05) is 29.9 Å². The molecule has 2 unspecified atom stereocenters. The fourth-order valence-electron chi connectivity index (χ4n) is 2.20. The zero-order valence-electron chi connectivity index (χ0n) is 10.6. The normalized spacial score (nSPS) is 18.8. The van der Waals surface area contributed by atoms with Gasteiger partial charge in [-0.1, -0.05) is 22.9 Å². The van der Waals surface area contributed by atoms with Crippen molar-refractivity contribution in [3.8, 4) is 18.1 Å². The lowest BCUT2D eigenvalue weighted by atomic mass is 10.1. The van der Waals surface area contributed by atoms with Crippen LogP contribution in [-0.2, 0) is 6.42 Å². The lowest BCUT2D eigenvalue weighted by molar-refractivity contribution is 0.220. The molecule has 1 aliphatic heterocycles. The monoisotopic (exact) mass is 307 g/mol. The number of ether oxygens (including phenoxy) is 1. The summed E-state index contributed by atoms with van der Waals surface area (Å²) in [7, 11) is 0. The second kappa shape index (κ2) is 6.26. The third kappa shape index (κ3) is 3.28. The zero-order chi connectivity index (χ0) is 13.0. The van der Waals surface area contributed by atoms with Gasteiger partial charge in [-0.25, -0.2) is 0 Å². The highest BCUT2D eigenvalue weighted by atomic mass is 79.9. The molecule has 96 valence electrons. The summed E-state index contributed by atoms with van der Waals surface area (Å²) in [5.74, 6) is 3.72. The van der Waals surface area contributed by atoms with E-state index in [4.69, 9.17) is 11.2 Å². The number of hydrogen-bond acceptors (Lipinski definition) is 2. The van der Waals surface area contributed by atoms with Crippen LogP contribution < -0.4 is 10.1 Å². The van der Waals surface area contributed by atoms with Gasteiger partial charge < -0.3 is 10.1 Å². The van der Waals surface area contributed by atoms with Gasteiger partial charge in [0.25, 0.3) is 0 Å². The van der Waals surface area contributed by atoms with Gasteiger partial charge in [0.05, 0.1) is 0 Å². The van der Waals surface area contributed by atoms with Gasteiger partial charge >= 0.3 is 0 Å². The van der Waals surface area contributed by atoms with Crippen molar-refractivity contribution in [1.82, 2.24) is 5.32 Å². The SMILES string of the molecule is C#CCC(CC)NCC1Cc2cc(Br)ccc2O1. The van der Waals surface area contributed by atoms with Gasteiger partial charge in [0.15, 0.2) is 0 Å². The van der Waals surface area contributed by atoms with Crippen molar-refractivity contribution in [1.29, 1.82) is 0 Å². The van der Waals surface area contributed by atoms with Gasteiger partial charge in [-0.3, -0.25) is 0 Å². The topological polar surface area (TPSA) is 21.3 Å². The van der Waals surface area contributed by atoms with E-state index < -0.39 is 0 Å². The highest BCUT2D eigenvalue weighted by molar-refractivity contribution is 9.10. The molecule has 0 aliphatic carbocycles. The summed E-state index contributed by atoms with van der Waals surface area (Å²) in [5, 5.41) is 3.48. The highest BCUT2D eigenvalue weighted by Gasteiger charge is 2.23. The standard InChI is InChI=1S/C15H18BrNO/c1-3-5-13(4-2)17-10-14-9-11-8-12(16)6-7-15(11)18-14/h1,6-8,13-14,17H,4-5,9-10H2,2H3. The van der Waals surface area contributed by atoms with E-state index in [0.717, 1.165) is 36.0 Å². The fraction of sp³-hybridized carbons (Fsp3) is 0.467. The molecule has 18 heavy (non-hydrogen) atoms. The van der Waals surface area contributed by atoms with E-state index in [-0.39, 0.29) is 6.10 Å². The summed E-state index contributed by atoms with van der Waals surface area (Å²) >= 11 is 3.49. The van der Waals surface area contributed by atoms with E-state index in [9.17, 15) is 0 Å². The number of terminal acetylenes is 1. The maximum absolute atomic E-state index is 5.90. The summed E-state index contributed by atoms with van der Waals surface area (Å²) in [6.45, 7) is 3.00. The molecule has 0 amide bonds. The van der Waals surface area contributed by atoms with Crippen molar-refractivity contribution >= 4 is 15.9 Å². The first-order valence-corrected chi connectivity index (χ1v) is 7.14. The van der Waals surface area contributed by atoms with Gasteiger partial charge in [0.1, 0.15) is 11.9 Å². The van der Waals surface area contributed by atoms with E-state index in [1.54, 1.807) is 0 Å². The Balaban J connectivity index is 1.86. The zero-order valence-corrected chi connectivity index (χ0v) is 12.2. The van der Waals surface area contributed by atoms with Crippen molar-refractivity contribution in [3.05, 3.63) is 28.2 Å². The number of rotatable bonds is 5. The van der Waals surface area contributed by atoms with Crippen molar-refractivity contribution in [2.75, 3.05) is 6.54 Å². The van der Waals surface area contributed by atoms with Gasteiger partial charge in [-0.05, 0) is 30.2 Å². The van der Waals surface area contributed by atoms with Gasteiger partial charge in [-0.2, -0.15) is 0 Å². The molecule has 2 nitrogen and oxygen atoms in total. The summed E-state index contributed by atoms with van der Waals surface area (Å²) in [6, 6.07) is 6.57. The highest BCUT2D eigenvalue weighted by Crippen LogP contribution is 2.30. The van der Waals surface area contributed by atoms with Crippen LogP contribution in [0.25, 0.3) is 0 Å². The molecule has 0 aromatic heterocycles. The first-order chi connectivity index (χ1) is 8.72. The molecule has 1 heterocycles. The van der Waals surface area contributed by atoms with Crippen molar-refractivity contribution in [2.45, 2.75) is 38.3 Å². The quantitative estimate of drug-likeness (QED) is 0.844. The molecule has 0 saturated heterocycles. The minimum atomic E-state index is 0.223. The van der Waals surface area contributed by atoms with Crippen LogP contribution in [0.3, 0.4) is 0 Å². The molecule has 0 bridgehead atoms. The van der Waals surface area contributed by atoms with Crippen molar-refractivity contribution in [2.24, 2.45) is 0 Å². The van der Waals surface area contributed by atoms with Crippen LogP contribution >= 0.6 is 15.9 Å². The molecule has 2 rings (SSSR count). The lowest BCUT2D eigenvalue weighted by Crippen LogP contribution is -2.36. The Morgan fingerprint density at radius 3 is 3.17 bits per heavy atom. The fourth-order valence-corrected chi connectivity index (χ4v) is 2.61. The Bertz CT molecular complexity index is 452. The van der Waals surface area contributed by atoms with Gasteiger partial charge in [-0.15, -0.1) is 12.3 Å². The Kier molecular flexibility index (Phi) is 4.68. The summed E-state index contributed by atoms with van der Waals surface area (Å²) in [4.78, 5) is 0. The number of benzene rings is 1. The average molecular weight is 308 g/mol. The molecule has 0 radical (unpaired) electrons. The van der Waals surface area contributed by atoms with Crippen LogP contribution in [0, 0.1) is 12.3 Å². The maximum atomic E-state index is 5.90. The molecule has 1 aliphatic rings. The molecule has 1 N–H and O–H groups in total. The van der Waals surface area contributed by atoms with E-state index in [1.165, 1.54) is 5.56 Å². The van der Waals surface area contributed by atoms with E-state index >= 15 is 0 Å². The molecule has 0 spiro atoms. The summed E-state index contributed by atoms with van der Waals surface area (Å²) < 4.78 is 7.01. The number of nitrogens with one attached hydrogen (secondary N) is 1. The summed E-state index contributed by atoms with van der Waals surface area (Å²) in [5.41, 5.74) is 1.28. The van der Waals surface area contributed by atoms with E-state index in [2.05, 4.69) is 40.2 Å². The Labute approximate surface area is 117 Å². The Morgan fingerprint density at radius 2 is 2.44 bits per heavy atom. The van der Waals surface area contributed by atoms with Crippen LogP contribution in [0.15, 0.2) is 22.7 Å². The molecular weight excluding hydrogens is 290 g/mol. The lowest BCUT2D eigenvalue weighted by Gasteiger charge is -2.17. The number of hydrogen-bond donors (Lipinski definition) is 1. The van der Waals surface area contributed by atoms with E-state index in [0.29, 0.717) is 6.04 Å². The third-order valence-corrected chi connectivity index (χ3v) is 3.75. The molecular formula is C15H18BrNO. The molecule has 2 atom stereocenters. The predicted molar refractivity (Wildman–Crippen MR) is 77.8 cm³/mol. The molecule has 3 heteroatoms. The number of fused-ring (bicyclic) bond motifs is 1. The summed E-state index contributed by atoms with van der Waals surface area (Å²) in [6.07, 6.45) is 8.37. The maximum Gasteiger partial charge on any atom is 0.123 e. The van der Waals surface area contributed by atoms with Crippen LogP contribution in [0.5, 0.6) is 5.75 Å². The Morgan fingerprint density at radius 1 is 1.61 bits per heavy atom. The van der Waals surface area contributed by atoms with Crippen molar-refractivity contribution in [3.63, 3.8) is 0 Å². The second-order valence-electron chi connectivity index (χ2n) is 4.62. The molecule has 0 saturated carbocycles. The number of halogens is 1. The molecule has 1 aromatic rings. The second-order valence-corrected chi connectivity index (χ2v) is 5.53. The largest absolute Gasteiger partial charge is 0.488 e. The van der Waals surface area contributed by atoms with Gasteiger partial charge in [0.2, 0.25) is 0 Å². The smallest absolute Gasteiger partial charge is 0.123 e. The van der Waals surface area contributed by atoms with Crippen molar-refractivity contribution < 1.29 is 4.74 Å². The Hall–Kier alpha value is -0.980. The van der Waals surface area contributed by atoms with Crippen LogP contribution in [0.4, 0.5) is 0 Å². The van der Waals surface area contributed by atoms with Crippen LogP contribution in [0.2, 0.25) is 0 Å². The van der Waals surface area contributed by atoms with Crippen LogP contribution in [0.1, 0.15) is 25.3 Å².